The van der Waals surface area contributed by atoms with E-state index in [2.05, 4.69) is 9.98 Å². The molecule has 4 N–H and O–H groups in total. The van der Waals surface area contributed by atoms with Crippen molar-refractivity contribution in [2.24, 2.45) is 10.7 Å². The van der Waals surface area contributed by atoms with Crippen LogP contribution in [0.2, 0.25) is 0 Å². The van der Waals surface area contributed by atoms with Gasteiger partial charge in [0.05, 0.1) is 0 Å². The second-order valence-electron chi connectivity index (χ2n) is 3.58. The number of pyridine rings is 1. The molecule has 1 aliphatic rings. The van der Waals surface area contributed by atoms with Crippen molar-refractivity contribution >= 4 is 11.7 Å². The summed E-state index contributed by atoms with van der Waals surface area (Å²) < 4.78 is 5.60. The van der Waals surface area contributed by atoms with Gasteiger partial charge in [0.25, 0.3) is 0 Å². The smallest absolute Gasteiger partial charge is 0.165 e. The van der Waals surface area contributed by atoms with Crippen molar-refractivity contribution in [3.05, 3.63) is 48.0 Å². The van der Waals surface area contributed by atoms with Crippen molar-refractivity contribution in [3.63, 3.8) is 0 Å². The molecule has 5 nitrogen and oxygen atoms in total. The first-order valence-electron chi connectivity index (χ1n) is 5.28. The molecule has 88 valence electrons. The van der Waals surface area contributed by atoms with Crippen LogP contribution in [0.4, 0.5) is 5.82 Å². The quantitative estimate of drug-likeness (QED) is 0.820. The number of anilines is 1. The number of amidine groups is 1. The maximum atomic E-state index is 5.74. The zero-order valence-electron chi connectivity index (χ0n) is 9.34. The lowest BCUT2D eigenvalue weighted by Crippen LogP contribution is -2.16. The van der Waals surface area contributed by atoms with Crippen molar-refractivity contribution in [2.45, 2.75) is 13.0 Å². The highest BCUT2D eigenvalue weighted by Gasteiger charge is 2.05. The molecule has 1 aliphatic heterocycles. The predicted octanol–water partition coefficient (Wildman–Crippen LogP) is 1.34. The van der Waals surface area contributed by atoms with E-state index in [9.17, 15) is 0 Å². The van der Waals surface area contributed by atoms with Crippen molar-refractivity contribution in [3.8, 4) is 0 Å². The van der Waals surface area contributed by atoms with Crippen LogP contribution >= 0.6 is 0 Å². The Morgan fingerprint density at radius 3 is 3.06 bits per heavy atom. The molecule has 2 rings (SSSR count). The maximum Gasteiger partial charge on any atom is 0.165 e. The monoisotopic (exact) mass is 230 g/mol. The highest BCUT2D eigenvalue weighted by Crippen LogP contribution is 2.10. The third-order valence-electron chi connectivity index (χ3n) is 2.25. The second kappa shape index (κ2) is 5.16. The van der Waals surface area contributed by atoms with Crippen LogP contribution in [0.3, 0.4) is 0 Å². The minimum atomic E-state index is 0.390. The summed E-state index contributed by atoms with van der Waals surface area (Å²) in [6.07, 6.45) is 7.89. The van der Waals surface area contributed by atoms with Crippen LogP contribution < -0.4 is 11.5 Å². The summed E-state index contributed by atoms with van der Waals surface area (Å²) >= 11 is 0. The fraction of sp³-hybridized carbons (Fsp3) is 0.167. The first-order chi connectivity index (χ1) is 8.25. The normalized spacial score (nSPS) is 14.8. The molecule has 0 saturated carbocycles. The molecule has 0 fully saturated rings. The van der Waals surface area contributed by atoms with Gasteiger partial charge < -0.3 is 16.2 Å². The van der Waals surface area contributed by atoms with Crippen LogP contribution in [0.1, 0.15) is 12.0 Å². The van der Waals surface area contributed by atoms with Crippen molar-refractivity contribution in [1.82, 2.24) is 4.98 Å². The molecule has 0 bridgehead atoms. The van der Waals surface area contributed by atoms with E-state index in [-0.39, 0.29) is 0 Å². The molecule has 0 spiro atoms. The summed E-state index contributed by atoms with van der Waals surface area (Å²) in [5.74, 6) is 1.47. The molecule has 0 amide bonds. The summed E-state index contributed by atoms with van der Waals surface area (Å²) in [5, 5.41) is 0. The minimum Gasteiger partial charge on any atom is -0.485 e. The van der Waals surface area contributed by atoms with Crippen molar-refractivity contribution in [1.29, 1.82) is 0 Å². The standard InChI is InChI=1S/C12H14N4O/c13-11-7-9(4-6-15-11)8-17-10-3-1-2-5-16-12(10)14/h2-7H,1,8H2,(H2,13,15)(H2,14,16). The van der Waals surface area contributed by atoms with Crippen LogP contribution in [0.15, 0.2) is 47.4 Å². The van der Waals surface area contributed by atoms with Gasteiger partial charge in [-0.15, -0.1) is 0 Å². The molecular formula is C12H14N4O. The third-order valence-corrected chi connectivity index (χ3v) is 2.25. The maximum absolute atomic E-state index is 5.74. The molecular weight excluding hydrogens is 216 g/mol. The molecule has 5 heteroatoms. The van der Waals surface area contributed by atoms with Crippen LogP contribution in [0.5, 0.6) is 0 Å². The number of nitrogens with zero attached hydrogens (tertiary/aromatic N) is 2. The Labute approximate surface area is 99.5 Å². The van der Waals surface area contributed by atoms with E-state index >= 15 is 0 Å². The van der Waals surface area contributed by atoms with Crippen molar-refractivity contribution in [2.75, 3.05) is 5.73 Å². The van der Waals surface area contributed by atoms with Gasteiger partial charge in [0, 0.05) is 12.4 Å². The van der Waals surface area contributed by atoms with Gasteiger partial charge in [0.1, 0.15) is 12.4 Å². The Hall–Kier alpha value is -2.30. The second-order valence-corrected chi connectivity index (χ2v) is 3.58. The Kier molecular flexibility index (Phi) is 3.40. The van der Waals surface area contributed by atoms with Crippen molar-refractivity contribution < 1.29 is 4.74 Å². The van der Waals surface area contributed by atoms with E-state index in [0.29, 0.717) is 24.0 Å². The van der Waals surface area contributed by atoms with Crippen LogP contribution in [-0.4, -0.2) is 10.8 Å². The highest BCUT2D eigenvalue weighted by atomic mass is 16.5. The minimum absolute atomic E-state index is 0.390. The number of hydrogen-bond acceptors (Lipinski definition) is 5. The van der Waals surface area contributed by atoms with E-state index in [1.165, 1.54) is 0 Å². The molecule has 0 aliphatic carbocycles. The van der Waals surface area contributed by atoms with Gasteiger partial charge in [0.2, 0.25) is 0 Å². The predicted molar refractivity (Wildman–Crippen MR) is 66.9 cm³/mol. The third kappa shape index (κ3) is 3.07. The largest absolute Gasteiger partial charge is 0.485 e. The van der Waals surface area contributed by atoms with E-state index in [0.717, 1.165) is 12.0 Å². The number of rotatable bonds is 3. The Morgan fingerprint density at radius 2 is 2.24 bits per heavy atom. The lowest BCUT2D eigenvalue weighted by atomic mass is 10.3. The number of aliphatic imine (C=N–C) groups is 1. The average molecular weight is 230 g/mol. The van der Waals surface area contributed by atoms with E-state index in [1.54, 1.807) is 18.5 Å². The summed E-state index contributed by atoms with van der Waals surface area (Å²) in [4.78, 5) is 7.93. The first kappa shape index (κ1) is 11.2. The van der Waals surface area contributed by atoms with Gasteiger partial charge in [-0.2, -0.15) is 0 Å². The van der Waals surface area contributed by atoms with Crippen LogP contribution in [0, 0.1) is 0 Å². The number of nitrogens with two attached hydrogens (primary N) is 2. The zero-order chi connectivity index (χ0) is 12.1. The van der Waals surface area contributed by atoms with Gasteiger partial charge in [-0.25, -0.2) is 9.98 Å². The number of nitrogen functional groups attached to an aromatic ring is 1. The molecule has 1 aromatic heterocycles. The average Bonchev–Trinajstić information content (AvgIpc) is 2.52. The Bertz CT molecular complexity index is 491. The first-order valence-corrected chi connectivity index (χ1v) is 5.28. The lowest BCUT2D eigenvalue weighted by Gasteiger charge is -2.09. The Balaban J connectivity index is 2.01. The van der Waals surface area contributed by atoms with Gasteiger partial charge in [0.15, 0.2) is 11.6 Å². The lowest BCUT2D eigenvalue weighted by molar-refractivity contribution is 0.216. The molecule has 0 unspecified atom stereocenters. The van der Waals surface area contributed by atoms with Gasteiger partial charge in [-0.05, 0) is 30.2 Å². The molecule has 0 radical (unpaired) electrons. The zero-order valence-corrected chi connectivity index (χ0v) is 9.34. The SMILES string of the molecule is NC1=NC=CCC=C1OCc1ccnc(N)c1. The van der Waals surface area contributed by atoms with Gasteiger partial charge in [-0.1, -0.05) is 6.08 Å². The van der Waals surface area contributed by atoms with E-state index in [1.807, 2.05) is 18.2 Å². The summed E-state index contributed by atoms with van der Waals surface area (Å²) in [5.41, 5.74) is 12.3. The van der Waals surface area contributed by atoms with E-state index < -0.39 is 0 Å². The number of ether oxygens (including phenoxy) is 1. The summed E-state index contributed by atoms with van der Waals surface area (Å²) in [6, 6.07) is 3.61. The molecule has 0 saturated heterocycles. The van der Waals surface area contributed by atoms with Crippen LogP contribution in [0.25, 0.3) is 0 Å². The Morgan fingerprint density at radius 1 is 1.35 bits per heavy atom. The topological polar surface area (TPSA) is 86.5 Å². The molecule has 17 heavy (non-hydrogen) atoms. The number of hydrogen-bond donors (Lipinski definition) is 2. The summed E-state index contributed by atoms with van der Waals surface area (Å²) in [7, 11) is 0. The van der Waals surface area contributed by atoms with E-state index in [4.69, 9.17) is 16.2 Å². The van der Waals surface area contributed by atoms with Crippen LogP contribution in [-0.2, 0) is 11.3 Å². The molecule has 0 atom stereocenters. The fourth-order valence-corrected chi connectivity index (χ4v) is 1.42. The van der Waals surface area contributed by atoms with Gasteiger partial charge in [-0.3, -0.25) is 0 Å². The highest BCUT2D eigenvalue weighted by molar-refractivity contribution is 5.95. The number of aromatic nitrogens is 1. The molecule has 1 aromatic rings. The fourth-order valence-electron chi connectivity index (χ4n) is 1.42. The number of allylic oxidation sites excluding steroid dienone is 2. The molecule has 0 aromatic carbocycles. The molecule has 2 heterocycles. The van der Waals surface area contributed by atoms with Gasteiger partial charge >= 0.3 is 0 Å². The summed E-state index contributed by atoms with van der Waals surface area (Å²) in [6.45, 7) is 0.398.